The molecule has 6 nitrogen and oxygen atoms in total. The van der Waals surface area contributed by atoms with Crippen molar-refractivity contribution < 1.29 is 19.1 Å². The predicted molar refractivity (Wildman–Crippen MR) is 123 cm³/mol. The minimum Gasteiger partial charge on any atom is -0.496 e. The van der Waals surface area contributed by atoms with E-state index in [1.807, 2.05) is 36.4 Å². The SMILES string of the molecule is COc1cc2nccc(Oc3ccc4c(C(=O)NC5CC5)cccc4c3)c2cc1C(C)=O. The number of nitrogens with zero attached hydrogens (tertiary/aromatic N) is 1. The number of ether oxygens (including phenoxy) is 2. The van der Waals surface area contributed by atoms with Crippen molar-refractivity contribution in [3.8, 4) is 17.2 Å². The maximum absolute atomic E-state index is 12.6. The summed E-state index contributed by atoms with van der Waals surface area (Å²) in [6.07, 6.45) is 3.75. The smallest absolute Gasteiger partial charge is 0.252 e. The summed E-state index contributed by atoms with van der Waals surface area (Å²) in [5.74, 6) is 1.56. The highest BCUT2D eigenvalue weighted by Gasteiger charge is 2.24. The molecule has 3 aromatic carbocycles. The second kappa shape index (κ2) is 7.96. The van der Waals surface area contributed by atoms with Crippen molar-refractivity contribution in [1.29, 1.82) is 0 Å². The van der Waals surface area contributed by atoms with Crippen molar-refractivity contribution in [2.45, 2.75) is 25.8 Å². The summed E-state index contributed by atoms with van der Waals surface area (Å²) < 4.78 is 11.5. The second-order valence-electron chi connectivity index (χ2n) is 7.97. The molecule has 5 rings (SSSR count). The quantitative estimate of drug-likeness (QED) is 0.424. The van der Waals surface area contributed by atoms with Gasteiger partial charge in [-0.25, -0.2) is 0 Å². The first-order valence-corrected chi connectivity index (χ1v) is 10.5. The Morgan fingerprint density at radius 2 is 1.81 bits per heavy atom. The lowest BCUT2D eigenvalue weighted by Gasteiger charge is -2.13. The molecular weight excluding hydrogens is 404 g/mol. The molecule has 0 saturated heterocycles. The molecule has 1 aliphatic rings. The van der Waals surface area contributed by atoms with E-state index in [1.54, 1.807) is 24.4 Å². The number of nitrogens with one attached hydrogen (secondary N) is 1. The maximum atomic E-state index is 12.6. The van der Waals surface area contributed by atoms with Gasteiger partial charge >= 0.3 is 0 Å². The fourth-order valence-corrected chi connectivity index (χ4v) is 3.82. The van der Waals surface area contributed by atoms with E-state index in [2.05, 4.69) is 10.3 Å². The van der Waals surface area contributed by atoms with Crippen LogP contribution in [-0.2, 0) is 0 Å². The molecule has 160 valence electrons. The van der Waals surface area contributed by atoms with Gasteiger partial charge in [0.2, 0.25) is 0 Å². The van der Waals surface area contributed by atoms with Crippen molar-refractivity contribution in [2.75, 3.05) is 7.11 Å². The first-order valence-electron chi connectivity index (χ1n) is 10.5. The van der Waals surface area contributed by atoms with Gasteiger partial charge in [-0.3, -0.25) is 14.6 Å². The van der Waals surface area contributed by atoms with E-state index in [0.29, 0.717) is 39.9 Å². The first kappa shape index (κ1) is 20.0. The Hall–Kier alpha value is -3.93. The molecule has 0 atom stereocenters. The third-order valence-electron chi connectivity index (χ3n) is 5.64. The van der Waals surface area contributed by atoms with Crippen molar-refractivity contribution in [3.63, 3.8) is 0 Å². The van der Waals surface area contributed by atoms with Crippen LogP contribution in [0.5, 0.6) is 17.2 Å². The largest absolute Gasteiger partial charge is 0.496 e. The Morgan fingerprint density at radius 1 is 0.969 bits per heavy atom. The molecule has 1 amide bonds. The highest BCUT2D eigenvalue weighted by molar-refractivity contribution is 6.07. The number of hydrogen-bond acceptors (Lipinski definition) is 5. The van der Waals surface area contributed by atoms with Gasteiger partial charge in [-0.05, 0) is 66.9 Å². The fraction of sp³-hybridized carbons (Fsp3) is 0.192. The lowest BCUT2D eigenvalue weighted by atomic mass is 10.0. The third-order valence-corrected chi connectivity index (χ3v) is 5.64. The molecule has 4 aromatic rings. The number of aromatic nitrogens is 1. The molecule has 32 heavy (non-hydrogen) atoms. The Kier molecular flexibility index (Phi) is 4.98. The van der Waals surface area contributed by atoms with Crippen LogP contribution in [-0.4, -0.2) is 29.8 Å². The molecule has 0 unspecified atom stereocenters. The fourth-order valence-electron chi connectivity index (χ4n) is 3.82. The summed E-state index contributed by atoms with van der Waals surface area (Å²) in [6, 6.07) is 16.9. The number of benzene rings is 3. The summed E-state index contributed by atoms with van der Waals surface area (Å²) in [5, 5.41) is 5.55. The van der Waals surface area contributed by atoms with Crippen LogP contribution in [0.25, 0.3) is 21.7 Å². The number of fused-ring (bicyclic) bond motifs is 2. The summed E-state index contributed by atoms with van der Waals surface area (Å²) in [6.45, 7) is 1.50. The van der Waals surface area contributed by atoms with Gasteiger partial charge in [0, 0.05) is 29.3 Å². The summed E-state index contributed by atoms with van der Waals surface area (Å²) in [5.41, 5.74) is 1.81. The van der Waals surface area contributed by atoms with Crippen LogP contribution in [0.15, 0.2) is 60.8 Å². The van der Waals surface area contributed by atoms with Crippen molar-refractivity contribution >= 4 is 33.4 Å². The number of amides is 1. The molecule has 6 heteroatoms. The zero-order valence-corrected chi connectivity index (χ0v) is 17.8. The Balaban J connectivity index is 1.52. The number of pyridine rings is 1. The maximum Gasteiger partial charge on any atom is 0.252 e. The van der Waals surface area contributed by atoms with Crippen LogP contribution < -0.4 is 14.8 Å². The van der Waals surface area contributed by atoms with Gasteiger partial charge in [0.15, 0.2) is 5.78 Å². The molecule has 1 aliphatic carbocycles. The van der Waals surface area contributed by atoms with E-state index < -0.39 is 0 Å². The third kappa shape index (κ3) is 3.75. The van der Waals surface area contributed by atoms with Crippen LogP contribution in [0.2, 0.25) is 0 Å². The molecule has 1 N–H and O–H groups in total. The number of methoxy groups -OCH3 is 1. The predicted octanol–water partition coefficient (Wildman–Crippen LogP) is 5.28. The minimum absolute atomic E-state index is 0.0439. The van der Waals surface area contributed by atoms with Gasteiger partial charge < -0.3 is 14.8 Å². The average molecular weight is 426 g/mol. The first-order chi connectivity index (χ1) is 15.5. The molecule has 1 aromatic heterocycles. The second-order valence-corrected chi connectivity index (χ2v) is 7.97. The number of ketones is 1. The number of Topliss-reactive ketones (excluding diaryl/α,β-unsaturated/α-hetero) is 1. The van der Waals surface area contributed by atoms with E-state index in [0.717, 1.165) is 29.0 Å². The molecule has 1 heterocycles. The van der Waals surface area contributed by atoms with E-state index in [9.17, 15) is 9.59 Å². The zero-order chi connectivity index (χ0) is 22.2. The van der Waals surface area contributed by atoms with Gasteiger partial charge in [0.1, 0.15) is 17.2 Å². The monoisotopic (exact) mass is 426 g/mol. The normalized spacial score (nSPS) is 13.2. The number of carbonyl (C=O) groups excluding carboxylic acids is 2. The molecule has 0 bridgehead atoms. The molecule has 0 radical (unpaired) electrons. The van der Waals surface area contributed by atoms with E-state index >= 15 is 0 Å². The topological polar surface area (TPSA) is 77.5 Å². The highest BCUT2D eigenvalue weighted by atomic mass is 16.5. The van der Waals surface area contributed by atoms with Gasteiger partial charge in [-0.1, -0.05) is 12.1 Å². The van der Waals surface area contributed by atoms with Crippen LogP contribution in [0.4, 0.5) is 0 Å². The molecular formula is C26H22N2O4. The number of hydrogen-bond donors (Lipinski definition) is 1. The van der Waals surface area contributed by atoms with Crippen molar-refractivity contribution in [2.24, 2.45) is 0 Å². The van der Waals surface area contributed by atoms with Crippen molar-refractivity contribution in [3.05, 3.63) is 71.9 Å². The standard InChI is InChI=1S/C26H22N2O4/c1-15(29)21-13-22-23(14-25(21)31-2)27-11-10-24(22)32-18-8-9-19-16(12-18)4-3-5-20(19)26(30)28-17-6-7-17/h3-5,8-14,17H,6-7H2,1-2H3,(H,28,30). The Bertz CT molecular complexity index is 1380. The highest BCUT2D eigenvalue weighted by Crippen LogP contribution is 2.34. The molecule has 1 saturated carbocycles. The Labute approximate surface area is 185 Å². The summed E-state index contributed by atoms with van der Waals surface area (Å²) >= 11 is 0. The average Bonchev–Trinajstić information content (AvgIpc) is 3.61. The number of rotatable bonds is 6. The van der Waals surface area contributed by atoms with Gasteiger partial charge in [0.25, 0.3) is 5.91 Å². The Morgan fingerprint density at radius 3 is 2.56 bits per heavy atom. The van der Waals surface area contributed by atoms with Crippen LogP contribution in [0.3, 0.4) is 0 Å². The summed E-state index contributed by atoms with van der Waals surface area (Å²) in [7, 11) is 1.53. The number of carbonyl (C=O) groups is 2. The van der Waals surface area contributed by atoms with Crippen molar-refractivity contribution in [1.82, 2.24) is 10.3 Å². The molecule has 1 fully saturated rings. The van der Waals surface area contributed by atoms with E-state index in [4.69, 9.17) is 9.47 Å². The van der Waals surface area contributed by atoms with E-state index in [1.165, 1.54) is 14.0 Å². The molecule has 0 aliphatic heterocycles. The molecule has 0 spiro atoms. The van der Waals surface area contributed by atoms with Gasteiger partial charge in [-0.2, -0.15) is 0 Å². The van der Waals surface area contributed by atoms with Crippen LogP contribution in [0.1, 0.15) is 40.5 Å². The lowest BCUT2D eigenvalue weighted by molar-refractivity contribution is 0.0951. The van der Waals surface area contributed by atoms with Gasteiger partial charge in [0.05, 0.1) is 18.2 Å². The van der Waals surface area contributed by atoms with Crippen LogP contribution in [0, 0.1) is 0 Å². The van der Waals surface area contributed by atoms with E-state index in [-0.39, 0.29) is 11.7 Å². The lowest BCUT2D eigenvalue weighted by Crippen LogP contribution is -2.25. The van der Waals surface area contributed by atoms with Gasteiger partial charge in [-0.15, -0.1) is 0 Å². The minimum atomic E-state index is -0.0961. The van der Waals surface area contributed by atoms with Crippen LogP contribution >= 0.6 is 0 Å². The zero-order valence-electron chi connectivity index (χ0n) is 17.8. The summed E-state index contributed by atoms with van der Waals surface area (Å²) in [4.78, 5) is 29.0.